The van der Waals surface area contributed by atoms with Crippen molar-refractivity contribution in [3.63, 3.8) is 0 Å². The number of aliphatic hydroxyl groups excluding tert-OH is 1. The van der Waals surface area contributed by atoms with E-state index in [1.165, 1.54) is 8.66 Å². The predicted octanol–water partition coefficient (Wildman–Crippen LogP) is 3.32. The van der Waals surface area contributed by atoms with Crippen LogP contribution in [0.1, 0.15) is 37.6 Å². The van der Waals surface area contributed by atoms with Crippen molar-refractivity contribution >= 4 is 27.3 Å². The molecule has 0 spiro atoms. The van der Waals surface area contributed by atoms with Gasteiger partial charge in [0.05, 0.1) is 3.79 Å². The molecule has 0 aromatic carbocycles. The van der Waals surface area contributed by atoms with E-state index in [9.17, 15) is 0 Å². The van der Waals surface area contributed by atoms with Crippen LogP contribution >= 0.6 is 27.3 Å². The van der Waals surface area contributed by atoms with Gasteiger partial charge in [-0.3, -0.25) is 0 Å². The van der Waals surface area contributed by atoms with Crippen molar-refractivity contribution < 1.29 is 5.11 Å². The van der Waals surface area contributed by atoms with Crippen LogP contribution < -0.4 is 5.32 Å². The molecule has 1 rings (SSSR count). The van der Waals surface area contributed by atoms with Crippen molar-refractivity contribution in [3.8, 4) is 0 Å². The first-order valence-corrected chi connectivity index (χ1v) is 6.86. The van der Waals surface area contributed by atoms with E-state index >= 15 is 0 Å². The lowest BCUT2D eigenvalue weighted by Gasteiger charge is -2.18. The second kappa shape index (κ2) is 6.63. The third-order valence-corrected chi connectivity index (χ3v) is 4.16. The normalized spacial score (nSPS) is 15.2. The maximum atomic E-state index is 8.74. The molecule has 4 heteroatoms. The van der Waals surface area contributed by atoms with Gasteiger partial charge in [-0.15, -0.1) is 11.3 Å². The molecule has 0 aliphatic heterocycles. The summed E-state index contributed by atoms with van der Waals surface area (Å²) in [7, 11) is 0. The standard InChI is InChI=1S/C11H18BrNOS/c1-8(4-3-7-14)13-9(2)10-5-6-11(12)15-10/h5-6,8-9,13-14H,3-4,7H2,1-2H3. The SMILES string of the molecule is CC(CCCO)NC(C)c1ccc(Br)s1. The third kappa shape index (κ3) is 4.64. The van der Waals surface area contributed by atoms with Crippen LogP contribution in [0.3, 0.4) is 0 Å². The summed E-state index contributed by atoms with van der Waals surface area (Å²) in [5.41, 5.74) is 0. The van der Waals surface area contributed by atoms with Gasteiger partial charge in [0.1, 0.15) is 0 Å². The highest BCUT2D eigenvalue weighted by Gasteiger charge is 2.10. The monoisotopic (exact) mass is 291 g/mol. The highest BCUT2D eigenvalue weighted by atomic mass is 79.9. The number of nitrogens with one attached hydrogen (secondary N) is 1. The molecule has 0 saturated heterocycles. The minimum absolute atomic E-state index is 0.283. The second-order valence-corrected chi connectivity index (χ2v) is 6.29. The van der Waals surface area contributed by atoms with E-state index in [2.05, 4.69) is 47.2 Å². The van der Waals surface area contributed by atoms with Crippen LogP contribution in [-0.2, 0) is 0 Å². The van der Waals surface area contributed by atoms with E-state index in [0.29, 0.717) is 12.1 Å². The molecule has 2 N–H and O–H groups in total. The minimum atomic E-state index is 0.283. The molecule has 1 aromatic rings. The van der Waals surface area contributed by atoms with Gasteiger partial charge in [-0.1, -0.05) is 0 Å². The summed E-state index contributed by atoms with van der Waals surface area (Å²) in [6, 6.07) is 5.06. The molecule has 0 bridgehead atoms. The van der Waals surface area contributed by atoms with Gasteiger partial charge in [0.2, 0.25) is 0 Å². The molecule has 1 aromatic heterocycles. The zero-order valence-electron chi connectivity index (χ0n) is 9.16. The molecule has 0 aliphatic carbocycles. The molecule has 0 aliphatic rings. The lowest BCUT2D eigenvalue weighted by Crippen LogP contribution is -2.28. The fourth-order valence-electron chi connectivity index (χ4n) is 1.55. The molecular weight excluding hydrogens is 274 g/mol. The van der Waals surface area contributed by atoms with Crippen molar-refractivity contribution in [2.24, 2.45) is 0 Å². The Labute approximate surface area is 104 Å². The highest BCUT2D eigenvalue weighted by molar-refractivity contribution is 9.11. The Morgan fingerprint density at radius 1 is 1.47 bits per heavy atom. The molecule has 0 radical (unpaired) electrons. The Bertz CT molecular complexity index is 290. The Balaban J connectivity index is 2.38. The van der Waals surface area contributed by atoms with Crippen molar-refractivity contribution in [2.75, 3.05) is 6.61 Å². The van der Waals surface area contributed by atoms with E-state index < -0.39 is 0 Å². The predicted molar refractivity (Wildman–Crippen MR) is 69.4 cm³/mol. The van der Waals surface area contributed by atoms with Crippen LogP contribution in [-0.4, -0.2) is 17.8 Å². The number of halogens is 1. The molecule has 2 unspecified atom stereocenters. The van der Waals surface area contributed by atoms with E-state index in [-0.39, 0.29) is 6.61 Å². The molecule has 15 heavy (non-hydrogen) atoms. The average molecular weight is 292 g/mol. The van der Waals surface area contributed by atoms with Gasteiger partial charge in [0, 0.05) is 23.6 Å². The average Bonchev–Trinajstić information content (AvgIpc) is 2.61. The molecule has 0 fully saturated rings. The van der Waals surface area contributed by atoms with Gasteiger partial charge in [0.25, 0.3) is 0 Å². The summed E-state index contributed by atoms with van der Waals surface area (Å²) < 4.78 is 1.18. The van der Waals surface area contributed by atoms with Crippen LogP contribution in [0.25, 0.3) is 0 Å². The summed E-state index contributed by atoms with van der Waals surface area (Å²) >= 11 is 5.23. The van der Waals surface area contributed by atoms with E-state index in [0.717, 1.165) is 12.8 Å². The van der Waals surface area contributed by atoms with E-state index in [1.54, 1.807) is 11.3 Å². The number of rotatable bonds is 6. The lowest BCUT2D eigenvalue weighted by molar-refractivity contribution is 0.274. The Kier molecular flexibility index (Phi) is 5.82. The molecule has 2 nitrogen and oxygen atoms in total. The van der Waals surface area contributed by atoms with Crippen LogP contribution in [0.2, 0.25) is 0 Å². The summed E-state index contributed by atoms with van der Waals surface area (Å²) in [5, 5.41) is 12.3. The van der Waals surface area contributed by atoms with Crippen molar-refractivity contribution in [3.05, 3.63) is 20.8 Å². The first-order valence-electron chi connectivity index (χ1n) is 5.25. The van der Waals surface area contributed by atoms with E-state index in [4.69, 9.17) is 5.11 Å². The van der Waals surface area contributed by atoms with Crippen LogP contribution in [0.4, 0.5) is 0 Å². The molecule has 0 saturated carbocycles. The fourth-order valence-corrected chi connectivity index (χ4v) is 2.99. The number of aliphatic hydroxyl groups is 1. The fraction of sp³-hybridized carbons (Fsp3) is 0.636. The first kappa shape index (κ1) is 13.2. The maximum absolute atomic E-state index is 8.74. The Hall–Kier alpha value is 0.1000. The Morgan fingerprint density at radius 3 is 2.73 bits per heavy atom. The van der Waals surface area contributed by atoms with Gasteiger partial charge in [-0.05, 0) is 54.8 Å². The summed E-state index contributed by atoms with van der Waals surface area (Å²) in [6.45, 7) is 4.62. The van der Waals surface area contributed by atoms with Crippen LogP contribution in [0, 0.1) is 0 Å². The summed E-state index contributed by atoms with van der Waals surface area (Å²) in [6.07, 6.45) is 1.89. The quantitative estimate of drug-likeness (QED) is 0.843. The molecule has 2 atom stereocenters. The highest BCUT2D eigenvalue weighted by Crippen LogP contribution is 2.27. The third-order valence-electron chi connectivity index (χ3n) is 2.35. The second-order valence-electron chi connectivity index (χ2n) is 3.80. The lowest BCUT2D eigenvalue weighted by atomic mass is 10.1. The number of hydrogen-bond donors (Lipinski definition) is 2. The maximum Gasteiger partial charge on any atom is 0.0701 e. The number of thiophene rings is 1. The summed E-state index contributed by atoms with van der Waals surface area (Å²) in [5.74, 6) is 0. The van der Waals surface area contributed by atoms with Gasteiger partial charge < -0.3 is 10.4 Å². The summed E-state index contributed by atoms with van der Waals surface area (Å²) in [4.78, 5) is 1.35. The first-order chi connectivity index (χ1) is 7.13. The van der Waals surface area contributed by atoms with Gasteiger partial charge in [0.15, 0.2) is 0 Å². The molecule has 86 valence electrons. The molecule has 0 amide bonds. The Morgan fingerprint density at radius 2 is 2.20 bits per heavy atom. The van der Waals surface area contributed by atoms with Crippen LogP contribution in [0.15, 0.2) is 15.9 Å². The zero-order chi connectivity index (χ0) is 11.3. The van der Waals surface area contributed by atoms with Gasteiger partial charge in [-0.2, -0.15) is 0 Å². The van der Waals surface area contributed by atoms with Crippen molar-refractivity contribution in [1.29, 1.82) is 0 Å². The largest absolute Gasteiger partial charge is 0.396 e. The molecular formula is C11H18BrNOS. The van der Waals surface area contributed by atoms with Crippen LogP contribution in [0.5, 0.6) is 0 Å². The van der Waals surface area contributed by atoms with E-state index in [1.807, 2.05) is 0 Å². The zero-order valence-corrected chi connectivity index (χ0v) is 11.6. The molecule has 1 heterocycles. The topological polar surface area (TPSA) is 32.3 Å². The van der Waals surface area contributed by atoms with Gasteiger partial charge >= 0.3 is 0 Å². The van der Waals surface area contributed by atoms with Gasteiger partial charge in [-0.25, -0.2) is 0 Å². The number of hydrogen-bond acceptors (Lipinski definition) is 3. The minimum Gasteiger partial charge on any atom is -0.396 e. The van der Waals surface area contributed by atoms with Crippen molar-refractivity contribution in [2.45, 2.75) is 38.8 Å². The smallest absolute Gasteiger partial charge is 0.0701 e. The van der Waals surface area contributed by atoms with Crippen molar-refractivity contribution in [1.82, 2.24) is 5.32 Å².